The van der Waals surface area contributed by atoms with Gasteiger partial charge in [-0.05, 0) is 37.7 Å². The van der Waals surface area contributed by atoms with Gasteiger partial charge in [-0.2, -0.15) is 11.8 Å². The molecule has 0 saturated carbocycles. The van der Waals surface area contributed by atoms with Gasteiger partial charge in [0, 0.05) is 0 Å². The molecular weight excluding hydrogens is 268 g/mol. The zero-order chi connectivity index (χ0) is 13.8. The predicted octanol–water partition coefficient (Wildman–Crippen LogP) is 0.812. The van der Waals surface area contributed by atoms with Gasteiger partial charge in [-0.25, -0.2) is 9.59 Å². The molecule has 3 N–H and O–H groups in total. The Morgan fingerprint density at radius 2 is 2.26 bits per heavy atom. The summed E-state index contributed by atoms with van der Waals surface area (Å²) in [5, 5.41) is 14.4. The van der Waals surface area contributed by atoms with Gasteiger partial charge in [0.15, 0.2) is 0 Å². The van der Waals surface area contributed by atoms with E-state index in [2.05, 4.69) is 10.6 Å². The first-order valence-electron chi connectivity index (χ1n) is 6.54. The van der Waals surface area contributed by atoms with Crippen molar-refractivity contribution in [2.24, 2.45) is 0 Å². The molecule has 4 atom stereocenters. The van der Waals surface area contributed by atoms with Gasteiger partial charge in [0.05, 0.1) is 18.2 Å². The van der Waals surface area contributed by atoms with Gasteiger partial charge < -0.3 is 20.5 Å². The summed E-state index contributed by atoms with van der Waals surface area (Å²) in [5.74, 6) is -0.289. The maximum absolute atomic E-state index is 11.8. The zero-order valence-electron chi connectivity index (χ0n) is 10.9. The van der Waals surface area contributed by atoms with Crippen LogP contribution in [0, 0.1) is 0 Å². The van der Waals surface area contributed by atoms with Crippen molar-refractivity contribution in [3.05, 3.63) is 0 Å². The number of hydrogen-bond donors (Lipinski definition) is 3. The molecule has 108 valence electrons. The number of fused-ring (bicyclic) bond motifs is 2. The summed E-state index contributed by atoms with van der Waals surface area (Å²) in [6.07, 6.45) is 5.58. The zero-order valence-corrected chi connectivity index (χ0v) is 11.7. The summed E-state index contributed by atoms with van der Waals surface area (Å²) < 4.78 is 5.64. The van der Waals surface area contributed by atoms with Crippen molar-refractivity contribution in [1.82, 2.24) is 10.6 Å². The number of aliphatic carboxylic acids is 1. The number of amides is 2. The minimum Gasteiger partial charge on any atom is -0.480 e. The second-order valence-electron chi connectivity index (χ2n) is 5.01. The monoisotopic (exact) mass is 288 g/mol. The van der Waals surface area contributed by atoms with E-state index in [9.17, 15) is 9.59 Å². The molecule has 2 rings (SSSR count). The Balaban J connectivity index is 1.77. The molecule has 2 fully saturated rings. The van der Waals surface area contributed by atoms with E-state index < -0.39 is 18.0 Å². The Labute approximate surface area is 116 Å². The van der Waals surface area contributed by atoms with Gasteiger partial charge in [0.2, 0.25) is 0 Å². The van der Waals surface area contributed by atoms with Crippen LogP contribution in [0.5, 0.6) is 0 Å². The number of thioether (sulfide) groups is 1. The second kappa shape index (κ2) is 6.47. The van der Waals surface area contributed by atoms with Crippen molar-refractivity contribution < 1.29 is 19.4 Å². The summed E-state index contributed by atoms with van der Waals surface area (Å²) in [5.41, 5.74) is 0. The van der Waals surface area contributed by atoms with Gasteiger partial charge in [-0.15, -0.1) is 0 Å². The maximum Gasteiger partial charge on any atom is 0.326 e. The third-order valence-electron chi connectivity index (χ3n) is 3.64. The molecule has 3 unspecified atom stereocenters. The third-order valence-corrected chi connectivity index (χ3v) is 4.28. The number of rotatable bonds is 6. The van der Waals surface area contributed by atoms with Crippen molar-refractivity contribution in [2.75, 3.05) is 12.0 Å². The maximum atomic E-state index is 11.8. The van der Waals surface area contributed by atoms with Crippen LogP contribution in [-0.4, -0.2) is 53.4 Å². The fourth-order valence-electron chi connectivity index (χ4n) is 2.65. The van der Waals surface area contributed by atoms with Crippen LogP contribution >= 0.6 is 11.8 Å². The van der Waals surface area contributed by atoms with Crippen LogP contribution in [-0.2, 0) is 9.53 Å². The Kier molecular flexibility index (Phi) is 4.93. The highest BCUT2D eigenvalue weighted by atomic mass is 32.2. The molecule has 0 aromatic rings. The average Bonchev–Trinajstić information content (AvgIpc) is 2.96. The molecule has 2 amide bonds. The minimum absolute atomic E-state index is 0.0220. The summed E-state index contributed by atoms with van der Waals surface area (Å²) in [7, 11) is 0. The second-order valence-corrected chi connectivity index (χ2v) is 5.99. The van der Waals surface area contributed by atoms with E-state index in [1.54, 1.807) is 11.8 Å². The topological polar surface area (TPSA) is 87.7 Å². The normalized spacial score (nSPS) is 30.1. The van der Waals surface area contributed by atoms with E-state index in [-0.39, 0.29) is 18.2 Å². The lowest BCUT2D eigenvalue weighted by Gasteiger charge is -2.22. The summed E-state index contributed by atoms with van der Waals surface area (Å²) >= 11 is 1.56. The van der Waals surface area contributed by atoms with Gasteiger partial charge >= 0.3 is 12.0 Å². The van der Waals surface area contributed by atoms with Crippen LogP contribution in [0.2, 0.25) is 0 Å². The Hall–Kier alpha value is -0.950. The Morgan fingerprint density at radius 1 is 1.47 bits per heavy atom. The number of urea groups is 1. The molecule has 2 aliphatic heterocycles. The van der Waals surface area contributed by atoms with Crippen LogP contribution in [0.4, 0.5) is 4.79 Å². The number of hydrogen-bond acceptors (Lipinski definition) is 4. The first kappa shape index (κ1) is 14.5. The van der Waals surface area contributed by atoms with E-state index in [1.807, 2.05) is 6.26 Å². The number of ether oxygens (including phenoxy) is 1. The Bertz CT molecular complexity index is 353. The molecule has 0 aromatic heterocycles. The average molecular weight is 288 g/mol. The largest absolute Gasteiger partial charge is 0.480 e. The van der Waals surface area contributed by atoms with Gasteiger partial charge in [0.25, 0.3) is 0 Å². The number of nitrogens with one attached hydrogen (secondary N) is 2. The van der Waals surface area contributed by atoms with Crippen molar-refractivity contribution in [3.8, 4) is 0 Å². The number of carbonyl (C=O) groups excluding carboxylic acids is 1. The van der Waals surface area contributed by atoms with E-state index >= 15 is 0 Å². The SMILES string of the molecule is CSCC[C@@H](NC(=O)NC1CC2CCC1O2)C(=O)O. The highest BCUT2D eigenvalue weighted by Crippen LogP contribution is 2.34. The van der Waals surface area contributed by atoms with Crippen LogP contribution in [0.25, 0.3) is 0 Å². The Morgan fingerprint density at radius 3 is 2.79 bits per heavy atom. The lowest BCUT2D eigenvalue weighted by molar-refractivity contribution is -0.139. The van der Waals surface area contributed by atoms with Crippen molar-refractivity contribution >= 4 is 23.8 Å². The molecule has 0 aliphatic carbocycles. The van der Waals surface area contributed by atoms with Crippen LogP contribution in [0.1, 0.15) is 25.7 Å². The minimum atomic E-state index is -0.992. The molecule has 7 heteroatoms. The van der Waals surface area contributed by atoms with E-state index in [4.69, 9.17) is 9.84 Å². The van der Waals surface area contributed by atoms with Crippen molar-refractivity contribution in [2.45, 2.75) is 50.0 Å². The fourth-order valence-corrected chi connectivity index (χ4v) is 3.12. The predicted molar refractivity (Wildman–Crippen MR) is 72.4 cm³/mol. The summed E-state index contributed by atoms with van der Waals surface area (Å²) in [4.78, 5) is 22.8. The van der Waals surface area contributed by atoms with Crippen LogP contribution in [0.15, 0.2) is 0 Å². The smallest absolute Gasteiger partial charge is 0.326 e. The van der Waals surface area contributed by atoms with E-state index in [1.165, 1.54) is 0 Å². The number of carboxylic acid groups (broad SMARTS) is 1. The molecule has 2 bridgehead atoms. The molecule has 2 saturated heterocycles. The highest BCUT2D eigenvalue weighted by molar-refractivity contribution is 7.98. The third kappa shape index (κ3) is 3.76. The van der Waals surface area contributed by atoms with Crippen LogP contribution in [0.3, 0.4) is 0 Å². The summed E-state index contributed by atoms with van der Waals surface area (Å²) in [6, 6.07) is -1.21. The highest BCUT2D eigenvalue weighted by Gasteiger charge is 2.41. The van der Waals surface area contributed by atoms with Gasteiger partial charge in [0.1, 0.15) is 6.04 Å². The molecule has 2 aliphatic rings. The van der Waals surface area contributed by atoms with Gasteiger partial charge in [-0.1, -0.05) is 0 Å². The molecule has 0 spiro atoms. The molecule has 0 radical (unpaired) electrons. The lowest BCUT2D eigenvalue weighted by atomic mass is 9.96. The molecule has 19 heavy (non-hydrogen) atoms. The molecule has 6 nitrogen and oxygen atoms in total. The lowest BCUT2D eigenvalue weighted by Crippen LogP contribution is -2.51. The van der Waals surface area contributed by atoms with Crippen molar-refractivity contribution in [3.63, 3.8) is 0 Å². The summed E-state index contributed by atoms with van der Waals surface area (Å²) in [6.45, 7) is 0. The molecular formula is C12H20N2O4S. The van der Waals surface area contributed by atoms with Crippen molar-refractivity contribution in [1.29, 1.82) is 0 Å². The first-order chi connectivity index (χ1) is 9.10. The quantitative estimate of drug-likeness (QED) is 0.673. The van der Waals surface area contributed by atoms with Crippen LogP contribution < -0.4 is 10.6 Å². The number of carboxylic acids is 1. The molecule has 2 heterocycles. The number of carbonyl (C=O) groups is 2. The standard InChI is InChI=1S/C12H20N2O4S/c1-19-5-4-8(11(15)16)13-12(17)14-9-6-7-2-3-10(9)18-7/h7-10H,2-6H2,1H3,(H,15,16)(H2,13,14,17)/t7?,8-,9?,10?/m1/s1. The van der Waals surface area contributed by atoms with E-state index in [0.29, 0.717) is 12.2 Å². The van der Waals surface area contributed by atoms with E-state index in [0.717, 1.165) is 19.3 Å². The fraction of sp³-hybridized carbons (Fsp3) is 0.833. The molecule has 0 aromatic carbocycles. The van der Waals surface area contributed by atoms with Gasteiger partial charge in [-0.3, -0.25) is 0 Å². The first-order valence-corrected chi connectivity index (χ1v) is 7.93.